The van der Waals surface area contributed by atoms with Crippen LogP contribution in [-0.2, 0) is 20.2 Å². The minimum absolute atomic E-state index is 0.363. The van der Waals surface area contributed by atoms with E-state index in [1.807, 2.05) is 0 Å². The molecule has 178 valence electrons. The molecule has 0 bridgehead atoms. The lowest BCUT2D eigenvalue weighted by Gasteiger charge is -2.16. The first kappa shape index (κ1) is 24.6. The molecule has 7 N–H and O–H groups in total. The molecule has 0 radical (unpaired) electrons. The van der Waals surface area contributed by atoms with Crippen molar-refractivity contribution >= 4 is 60.2 Å². The van der Waals surface area contributed by atoms with Crippen molar-refractivity contribution in [3.05, 3.63) is 59.2 Å². The van der Waals surface area contributed by atoms with Gasteiger partial charge in [0.25, 0.3) is 26.1 Å². The Bertz CT molecular complexity index is 1610. The van der Waals surface area contributed by atoms with Gasteiger partial charge in [-0.1, -0.05) is 12.1 Å². The fourth-order valence-electron chi connectivity index (χ4n) is 3.23. The maximum atomic E-state index is 12.8. The number of benzene rings is 3. The smallest absolute Gasteiger partial charge is 0.336 e. The zero-order chi connectivity index (χ0) is 25.6. The van der Waals surface area contributed by atoms with Crippen LogP contribution in [0.2, 0.25) is 0 Å². The molecule has 0 aliphatic carbocycles. The molecule has 1 amide bonds. The van der Waals surface area contributed by atoms with E-state index < -0.39 is 81.1 Å². The molecule has 0 aromatic heterocycles. The first-order chi connectivity index (χ1) is 15.6. The van der Waals surface area contributed by atoms with Crippen LogP contribution < -0.4 is 11.1 Å². The number of fused-ring (bicyclic) bond motifs is 1. The third-order valence-electron chi connectivity index (χ3n) is 4.65. The van der Waals surface area contributed by atoms with Gasteiger partial charge in [0.05, 0.1) is 22.5 Å². The maximum Gasteiger partial charge on any atom is 0.336 e. The number of hydrogen-bond donors (Lipinski definition) is 6. The Labute approximate surface area is 190 Å². The van der Waals surface area contributed by atoms with Crippen molar-refractivity contribution in [1.29, 1.82) is 0 Å². The van der Waals surface area contributed by atoms with Crippen LogP contribution in [0.5, 0.6) is 0 Å². The summed E-state index contributed by atoms with van der Waals surface area (Å²) in [5.74, 6) is -4.27. The second kappa shape index (κ2) is 8.38. The molecule has 13 nitrogen and oxygen atoms in total. The molecular formula is C19H14N2O11S2. The predicted octanol–water partition coefficient (Wildman–Crippen LogP) is 1.56. The molecule has 0 spiro atoms. The van der Waals surface area contributed by atoms with Crippen LogP contribution in [0.3, 0.4) is 0 Å². The first-order valence-corrected chi connectivity index (χ1v) is 11.7. The number of aromatic carboxylic acids is 2. The van der Waals surface area contributed by atoms with E-state index in [1.165, 1.54) is 0 Å². The van der Waals surface area contributed by atoms with Crippen LogP contribution in [0.4, 0.5) is 11.4 Å². The van der Waals surface area contributed by atoms with E-state index in [1.54, 1.807) is 0 Å². The lowest BCUT2D eigenvalue weighted by atomic mass is 10.0. The van der Waals surface area contributed by atoms with Gasteiger partial charge in [-0.25, -0.2) is 9.59 Å². The highest BCUT2D eigenvalue weighted by Crippen LogP contribution is 2.39. The minimum atomic E-state index is -4.99. The van der Waals surface area contributed by atoms with Crippen LogP contribution in [0, 0.1) is 0 Å². The van der Waals surface area contributed by atoms with Gasteiger partial charge in [0.1, 0.15) is 9.79 Å². The van der Waals surface area contributed by atoms with Gasteiger partial charge in [0.2, 0.25) is 0 Å². The summed E-state index contributed by atoms with van der Waals surface area (Å²) in [4.78, 5) is 33.8. The quantitative estimate of drug-likeness (QED) is 0.204. The largest absolute Gasteiger partial charge is 0.478 e. The van der Waals surface area contributed by atoms with Crippen LogP contribution in [0.15, 0.2) is 52.3 Å². The van der Waals surface area contributed by atoms with E-state index in [2.05, 4.69) is 5.32 Å². The molecule has 0 saturated carbocycles. The molecule has 0 aliphatic heterocycles. The fraction of sp³-hybridized carbons (Fsp3) is 0. The summed E-state index contributed by atoms with van der Waals surface area (Å²) in [6.45, 7) is 0. The number of nitrogens with one attached hydrogen (secondary N) is 1. The van der Waals surface area contributed by atoms with E-state index in [0.717, 1.165) is 42.5 Å². The fourth-order valence-corrected chi connectivity index (χ4v) is 4.67. The van der Waals surface area contributed by atoms with Crippen molar-refractivity contribution in [3.8, 4) is 0 Å². The van der Waals surface area contributed by atoms with E-state index in [9.17, 15) is 45.4 Å². The molecular weight excluding hydrogens is 496 g/mol. The number of hydrogen-bond acceptors (Lipinski definition) is 8. The predicted molar refractivity (Wildman–Crippen MR) is 116 cm³/mol. The number of amides is 1. The van der Waals surface area contributed by atoms with Gasteiger partial charge in [-0.05, 0) is 30.3 Å². The summed E-state index contributed by atoms with van der Waals surface area (Å²) in [6, 6.07) is 6.42. The molecule has 0 fully saturated rings. The number of carbonyl (C=O) groups excluding carboxylic acids is 1. The molecule has 15 heteroatoms. The number of carboxylic acid groups (broad SMARTS) is 2. The Morgan fingerprint density at radius 1 is 0.794 bits per heavy atom. The highest BCUT2D eigenvalue weighted by molar-refractivity contribution is 7.86. The normalized spacial score (nSPS) is 11.8. The van der Waals surface area contributed by atoms with Gasteiger partial charge in [-0.3, -0.25) is 13.9 Å². The summed E-state index contributed by atoms with van der Waals surface area (Å²) in [6.07, 6.45) is 0. The van der Waals surface area contributed by atoms with Gasteiger partial charge in [-0.2, -0.15) is 16.8 Å². The number of nitrogen functional groups attached to an aromatic ring is 1. The summed E-state index contributed by atoms with van der Waals surface area (Å²) in [5.41, 5.74) is 3.16. The lowest BCUT2D eigenvalue weighted by Crippen LogP contribution is -2.17. The van der Waals surface area contributed by atoms with Crippen molar-refractivity contribution in [3.63, 3.8) is 0 Å². The number of carbonyl (C=O) groups is 3. The Morgan fingerprint density at radius 2 is 1.38 bits per heavy atom. The second-order valence-corrected chi connectivity index (χ2v) is 9.57. The maximum absolute atomic E-state index is 12.8. The Kier molecular flexibility index (Phi) is 6.06. The highest BCUT2D eigenvalue weighted by Gasteiger charge is 2.26. The number of anilines is 2. The molecule has 0 atom stereocenters. The van der Waals surface area contributed by atoms with Gasteiger partial charge in [0, 0.05) is 16.3 Å². The first-order valence-electron chi connectivity index (χ1n) is 8.85. The Balaban J connectivity index is 2.28. The van der Waals surface area contributed by atoms with Crippen molar-refractivity contribution < 1.29 is 50.5 Å². The van der Waals surface area contributed by atoms with Gasteiger partial charge < -0.3 is 21.3 Å². The SMILES string of the molecule is Nc1cc(S(=O)(=O)O)c2cccc(S(=O)(=O)O)c2c1NC(=O)c1ccc(C(=O)O)c(C(=O)O)c1. The lowest BCUT2D eigenvalue weighted by molar-refractivity contribution is 0.0651. The molecule has 34 heavy (non-hydrogen) atoms. The zero-order valence-electron chi connectivity index (χ0n) is 16.6. The molecule has 0 aliphatic rings. The minimum Gasteiger partial charge on any atom is -0.478 e. The van der Waals surface area contributed by atoms with Gasteiger partial charge in [-0.15, -0.1) is 0 Å². The second-order valence-electron chi connectivity index (χ2n) is 6.79. The van der Waals surface area contributed by atoms with Crippen molar-refractivity contribution in [2.24, 2.45) is 0 Å². The van der Waals surface area contributed by atoms with Crippen LogP contribution in [0.1, 0.15) is 31.1 Å². The summed E-state index contributed by atoms with van der Waals surface area (Å²) < 4.78 is 66.6. The molecule has 3 aromatic rings. The van der Waals surface area contributed by atoms with Crippen molar-refractivity contribution in [2.75, 3.05) is 11.1 Å². The molecule has 0 unspecified atom stereocenters. The van der Waals surface area contributed by atoms with Crippen LogP contribution in [-0.4, -0.2) is 54.0 Å². The Hall–Kier alpha value is -4.05. The zero-order valence-corrected chi connectivity index (χ0v) is 18.2. The summed E-state index contributed by atoms with van der Waals surface area (Å²) in [7, 11) is -9.92. The monoisotopic (exact) mass is 510 g/mol. The van der Waals surface area contributed by atoms with Crippen LogP contribution in [0.25, 0.3) is 10.8 Å². The number of rotatable bonds is 6. The molecule has 3 rings (SSSR count). The Morgan fingerprint density at radius 3 is 1.91 bits per heavy atom. The van der Waals surface area contributed by atoms with E-state index >= 15 is 0 Å². The third kappa shape index (κ3) is 4.53. The van der Waals surface area contributed by atoms with Gasteiger partial charge >= 0.3 is 11.9 Å². The topological polar surface area (TPSA) is 238 Å². The average Bonchev–Trinajstić information content (AvgIpc) is 2.72. The molecule has 3 aromatic carbocycles. The molecule has 0 heterocycles. The van der Waals surface area contributed by atoms with E-state index in [0.29, 0.717) is 0 Å². The summed E-state index contributed by atoms with van der Waals surface area (Å²) in [5, 5.41) is 19.6. The molecule has 0 saturated heterocycles. The average molecular weight is 510 g/mol. The van der Waals surface area contributed by atoms with E-state index in [-0.39, 0.29) is 5.56 Å². The van der Waals surface area contributed by atoms with Crippen molar-refractivity contribution in [1.82, 2.24) is 0 Å². The third-order valence-corrected chi connectivity index (χ3v) is 6.44. The number of carboxylic acids is 2. The van der Waals surface area contributed by atoms with E-state index in [4.69, 9.17) is 10.8 Å². The number of nitrogens with two attached hydrogens (primary N) is 1. The van der Waals surface area contributed by atoms with Gasteiger partial charge in [0.15, 0.2) is 0 Å². The van der Waals surface area contributed by atoms with Crippen LogP contribution >= 0.6 is 0 Å². The standard InChI is InChI=1S/C19H14N2O11S2/c20-12-7-14(34(30,31)32)10-2-1-3-13(33(27,28)29)15(10)16(12)21-17(22)8-4-5-9(18(23)24)11(6-8)19(25)26/h1-7H,20H2,(H,21,22)(H,23,24)(H,25,26)(H,27,28,29)(H,30,31,32). The summed E-state index contributed by atoms with van der Waals surface area (Å²) >= 11 is 0. The highest BCUT2D eigenvalue weighted by atomic mass is 32.2. The van der Waals surface area contributed by atoms with Crippen molar-refractivity contribution in [2.45, 2.75) is 9.79 Å².